The van der Waals surface area contributed by atoms with Crippen LogP contribution in [0.15, 0.2) is 42.5 Å². The number of aromatic nitrogens is 3. The summed E-state index contributed by atoms with van der Waals surface area (Å²) in [5, 5.41) is 0. The van der Waals surface area contributed by atoms with E-state index in [1.54, 1.807) is 0 Å². The molecule has 1 N–H and O–H groups in total. The third-order valence-corrected chi connectivity index (χ3v) is 3.88. The monoisotopic (exact) mass is 280 g/mol. The first kappa shape index (κ1) is 13.6. The van der Waals surface area contributed by atoms with Crippen LogP contribution in [-0.2, 0) is 5.41 Å². The summed E-state index contributed by atoms with van der Waals surface area (Å²) in [5.41, 5.74) is 2.79. The van der Waals surface area contributed by atoms with Gasteiger partial charge in [0, 0.05) is 19.5 Å². The number of hydrogen-bond donors (Lipinski definition) is 1. The van der Waals surface area contributed by atoms with Gasteiger partial charge in [-0.25, -0.2) is 9.97 Å². The Kier molecular flexibility index (Phi) is 3.16. The quantitative estimate of drug-likeness (QED) is 0.800. The summed E-state index contributed by atoms with van der Waals surface area (Å²) in [6.07, 6.45) is 0. The van der Waals surface area contributed by atoms with Gasteiger partial charge in [0.2, 0.25) is 0 Å². The van der Waals surface area contributed by atoms with E-state index in [1.165, 1.54) is 5.56 Å². The fourth-order valence-corrected chi connectivity index (χ4v) is 2.42. The highest BCUT2D eigenvalue weighted by Crippen LogP contribution is 2.30. The van der Waals surface area contributed by atoms with E-state index >= 15 is 0 Å². The lowest BCUT2D eigenvalue weighted by Gasteiger charge is -2.22. The number of rotatable bonds is 3. The second kappa shape index (κ2) is 4.88. The molecule has 3 rings (SSSR count). The molecule has 0 atom stereocenters. The number of aromatic amines is 1. The van der Waals surface area contributed by atoms with Gasteiger partial charge >= 0.3 is 0 Å². The zero-order chi connectivity index (χ0) is 15.0. The van der Waals surface area contributed by atoms with Crippen LogP contribution in [0.2, 0.25) is 0 Å². The predicted molar refractivity (Wildman–Crippen MR) is 86.8 cm³/mol. The zero-order valence-corrected chi connectivity index (χ0v) is 12.9. The lowest BCUT2D eigenvalue weighted by atomic mass is 9.84. The fraction of sp³-hybridized carbons (Fsp3) is 0.294. The number of fused-ring (bicyclic) bond motifs is 1. The Balaban J connectivity index is 2.08. The van der Waals surface area contributed by atoms with Crippen molar-refractivity contribution in [3.63, 3.8) is 0 Å². The molecule has 0 saturated heterocycles. The third-order valence-electron chi connectivity index (χ3n) is 3.88. The van der Waals surface area contributed by atoms with E-state index in [9.17, 15) is 0 Å². The minimum atomic E-state index is -0.180. The summed E-state index contributed by atoms with van der Waals surface area (Å²) in [5.74, 6) is 1.85. The topological polar surface area (TPSA) is 44.8 Å². The molecule has 0 fully saturated rings. The summed E-state index contributed by atoms with van der Waals surface area (Å²) in [6, 6.07) is 14.4. The molecule has 1 aromatic carbocycles. The number of imidazole rings is 1. The SMILES string of the molecule is CN(C)c1ccc2[nH]c(C(C)(C)c3ccccc3)nc2n1. The van der Waals surface area contributed by atoms with Gasteiger partial charge in [0.05, 0.1) is 5.52 Å². The van der Waals surface area contributed by atoms with Gasteiger partial charge in [0.1, 0.15) is 11.6 Å². The molecule has 4 heteroatoms. The van der Waals surface area contributed by atoms with Gasteiger partial charge in [-0.1, -0.05) is 30.3 Å². The van der Waals surface area contributed by atoms with E-state index in [2.05, 4.69) is 48.1 Å². The molecule has 3 aromatic rings. The molecule has 0 aliphatic heterocycles. The van der Waals surface area contributed by atoms with Gasteiger partial charge in [-0.15, -0.1) is 0 Å². The zero-order valence-electron chi connectivity index (χ0n) is 12.9. The summed E-state index contributed by atoms with van der Waals surface area (Å²) in [7, 11) is 3.96. The maximum Gasteiger partial charge on any atom is 0.179 e. The van der Waals surface area contributed by atoms with Crippen molar-refractivity contribution < 1.29 is 0 Å². The normalized spacial score (nSPS) is 11.8. The predicted octanol–water partition coefficient (Wildman–Crippen LogP) is 3.35. The average molecular weight is 280 g/mol. The molecule has 108 valence electrons. The van der Waals surface area contributed by atoms with Crippen molar-refractivity contribution in [2.75, 3.05) is 19.0 Å². The highest BCUT2D eigenvalue weighted by molar-refractivity contribution is 5.73. The third kappa shape index (κ3) is 2.37. The molecule has 2 heterocycles. The standard InChI is InChI=1S/C17H20N4/c1-17(2,12-8-6-5-7-9-12)16-18-13-10-11-14(21(3)4)19-15(13)20-16/h5-11H,1-4H3,(H,18,19,20). The first-order valence-corrected chi connectivity index (χ1v) is 7.08. The number of nitrogens with one attached hydrogen (secondary N) is 1. The molecule has 0 radical (unpaired) electrons. The number of H-pyrrole nitrogens is 1. The molecular formula is C17H20N4. The molecule has 0 aliphatic carbocycles. The van der Waals surface area contributed by atoms with Gasteiger partial charge in [-0.2, -0.15) is 0 Å². The van der Waals surface area contributed by atoms with E-state index in [0.29, 0.717) is 0 Å². The molecule has 0 saturated carbocycles. The van der Waals surface area contributed by atoms with Crippen LogP contribution in [0.25, 0.3) is 11.2 Å². The molecule has 0 spiro atoms. The van der Waals surface area contributed by atoms with Gasteiger partial charge in [0.15, 0.2) is 5.65 Å². The number of hydrogen-bond acceptors (Lipinski definition) is 3. The molecule has 4 nitrogen and oxygen atoms in total. The lowest BCUT2D eigenvalue weighted by Crippen LogP contribution is -2.20. The molecule has 0 unspecified atom stereocenters. The van der Waals surface area contributed by atoms with Crippen molar-refractivity contribution in [3.8, 4) is 0 Å². The molecule has 0 amide bonds. The van der Waals surface area contributed by atoms with Crippen molar-refractivity contribution in [1.29, 1.82) is 0 Å². The molecule has 21 heavy (non-hydrogen) atoms. The van der Waals surface area contributed by atoms with E-state index in [-0.39, 0.29) is 5.41 Å². The van der Waals surface area contributed by atoms with Crippen LogP contribution in [-0.4, -0.2) is 29.0 Å². The molecule has 0 bridgehead atoms. The first-order chi connectivity index (χ1) is 9.98. The van der Waals surface area contributed by atoms with Crippen molar-refractivity contribution in [2.24, 2.45) is 0 Å². The maximum atomic E-state index is 4.71. The molecular weight excluding hydrogens is 260 g/mol. The van der Waals surface area contributed by atoms with Crippen molar-refractivity contribution >= 4 is 17.0 Å². The Morgan fingerprint density at radius 1 is 0.952 bits per heavy atom. The fourth-order valence-electron chi connectivity index (χ4n) is 2.42. The number of anilines is 1. The van der Waals surface area contributed by atoms with Crippen LogP contribution in [0.5, 0.6) is 0 Å². The summed E-state index contributed by atoms with van der Waals surface area (Å²) >= 11 is 0. The van der Waals surface area contributed by atoms with Gasteiger partial charge in [0.25, 0.3) is 0 Å². The number of benzene rings is 1. The number of pyridine rings is 1. The van der Waals surface area contributed by atoms with Crippen LogP contribution in [0.3, 0.4) is 0 Å². The number of nitrogens with zero attached hydrogens (tertiary/aromatic N) is 3. The smallest absolute Gasteiger partial charge is 0.179 e. The van der Waals surface area contributed by atoms with Gasteiger partial charge in [-0.3, -0.25) is 0 Å². The summed E-state index contributed by atoms with van der Waals surface area (Å²) in [4.78, 5) is 14.7. The second-order valence-electron chi connectivity index (χ2n) is 6.01. The molecule has 2 aromatic heterocycles. The van der Waals surface area contributed by atoms with Crippen molar-refractivity contribution in [3.05, 3.63) is 53.9 Å². The molecule has 0 aliphatic rings. The van der Waals surface area contributed by atoms with Gasteiger partial charge in [-0.05, 0) is 31.5 Å². The van der Waals surface area contributed by atoms with Crippen LogP contribution in [0, 0.1) is 0 Å². The summed E-state index contributed by atoms with van der Waals surface area (Å²) < 4.78 is 0. The Bertz CT molecular complexity index is 757. The lowest BCUT2D eigenvalue weighted by molar-refractivity contribution is 0.601. The largest absolute Gasteiger partial charge is 0.363 e. The Labute approximate surface area is 124 Å². The van der Waals surface area contributed by atoms with Crippen LogP contribution in [0.4, 0.5) is 5.82 Å². The summed E-state index contributed by atoms with van der Waals surface area (Å²) in [6.45, 7) is 4.35. The Morgan fingerprint density at radius 3 is 2.33 bits per heavy atom. The van der Waals surface area contributed by atoms with Crippen LogP contribution < -0.4 is 4.90 Å². The minimum Gasteiger partial charge on any atom is -0.363 e. The second-order valence-corrected chi connectivity index (χ2v) is 6.01. The van der Waals surface area contributed by atoms with E-state index < -0.39 is 0 Å². The van der Waals surface area contributed by atoms with E-state index in [4.69, 9.17) is 4.98 Å². The first-order valence-electron chi connectivity index (χ1n) is 7.08. The van der Waals surface area contributed by atoms with Crippen LogP contribution in [0.1, 0.15) is 25.2 Å². The highest BCUT2D eigenvalue weighted by Gasteiger charge is 2.26. The van der Waals surface area contributed by atoms with Crippen molar-refractivity contribution in [2.45, 2.75) is 19.3 Å². The van der Waals surface area contributed by atoms with Gasteiger partial charge < -0.3 is 9.88 Å². The minimum absolute atomic E-state index is 0.180. The van der Waals surface area contributed by atoms with Crippen molar-refractivity contribution in [1.82, 2.24) is 15.0 Å². The van der Waals surface area contributed by atoms with E-state index in [1.807, 2.05) is 37.2 Å². The van der Waals surface area contributed by atoms with E-state index in [0.717, 1.165) is 22.8 Å². The average Bonchev–Trinajstić information content (AvgIpc) is 2.91. The highest BCUT2D eigenvalue weighted by atomic mass is 15.2. The Hall–Kier alpha value is -2.36. The maximum absolute atomic E-state index is 4.71. The Morgan fingerprint density at radius 2 is 1.67 bits per heavy atom. The van der Waals surface area contributed by atoms with Crippen LogP contribution >= 0.6 is 0 Å².